The number of aromatic nitrogens is 2. The first kappa shape index (κ1) is 15.4. The Morgan fingerprint density at radius 3 is 3.09 bits per heavy atom. The van der Waals surface area contributed by atoms with Gasteiger partial charge in [-0.15, -0.1) is 0 Å². The molecule has 0 radical (unpaired) electrons. The Bertz CT molecular complexity index is 683. The Morgan fingerprint density at radius 2 is 2.41 bits per heavy atom. The minimum absolute atomic E-state index is 0.0264. The number of anilines is 1. The third kappa shape index (κ3) is 3.45. The van der Waals surface area contributed by atoms with Gasteiger partial charge in [-0.3, -0.25) is 4.79 Å². The number of aryl methyl sites for hydroxylation is 1. The number of carbonyl (C=O) groups excluding carboxylic acids is 1. The van der Waals surface area contributed by atoms with Gasteiger partial charge in [0, 0.05) is 36.0 Å². The molecule has 0 aliphatic carbocycles. The molecule has 3 rings (SSSR count). The Morgan fingerprint density at radius 1 is 1.55 bits per heavy atom. The molecule has 1 fully saturated rings. The van der Waals surface area contributed by atoms with E-state index in [0.717, 1.165) is 16.5 Å². The van der Waals surface area contributed by atoms with Gasteiger partial charge in [0.15, 0.2) is 5.16 Å². The molecule has 1 amide bonds. The lowest BCUT2D eigenvalue weighted by molar-refractivity contribution is -0.119. The minimum atomic E-state index is -0.0926. The zero-order chi connectivity index (χ0) is 15.5. The molecule has 5 nitrogen and oxygen atoms in total. The fourth-order valence-corrected chi connectivity index (χ4v) is 3.26. The summed E-state index contributed by atoms with van der Waals surface area (Å²) in [6.45, 7) is 1.12. The Kier molecular flexibility index (Phi) is 4.71. The number of hydrogen-bond donors (Lipinski definition) is 1. The fraction of sp³-hybridized carbons (Fsp3) is 0.333. The van der Waals surface area contributed by atoms with Crippen LogP contribution in [-0.2, 0) is 16.6 Å². The third-order valence-electron chi connectivity index (χ3n) is 3.48. The van der Waals surface area contributed by atoms with Gasteiger partial charge in [0.05, 0.1) is 18.2 Å². The molecule has 7 heteroatoms. The van der Waals surface area contributed by atoms with Crippen LogP contribution >= 0.6 is 23.4 Å². The average molecular weight is 338 g/mol. The summed E-state index contributed by atoms with van der Waals surface area (Å²) in [5.74, 6) is -0.119. The SMILES string of the molecule is Cn1ccnc1Sc1ccc(Cl)cc1NC(=O)[C@@H]1CCOC1. The van der Waals surface area contributed by atoms with Crippen molar-refractivity contribution in [3.05, 3.63) is 35.6 Å². The van der Waals surface area contributed by atoms with Gasteiger partial charge in [-0.2, -0.15) is 0 Å². The quantitative estimate of drug-likeness (QED) is 0.930. The van der Waals surface area contributed by atoms with Gasteiger partial charge < -0.3 is 14.6 Å². The molecular formula is C15H16ClN3O2S. The summed E-state index contributed by atoms with van der Waals surface area (Å²) >= 11 is 7.55. The molecule has 2 heterocycles. The second-order valence-electron chi connectivity index (χ2n) is 5.11. The Labute approximate surface area is 138 Å². The molecule has 22 heavy (non-hydrogen) atoms. The fourth-order valence-electron chi connectivity index (χ4n) is 2.21. The van der Waals surface area contributed by atoms with E-state index in [4.69, 9.17) is 16.3 Å². The summed E-state index contributed by atoms with van der Waals surface area (Å²) in [7, 11) is 1.93. The van der Waals surface area contributed by atoms with Gasteiger partial charge in [-0.25, -0.2) is 4.98 Å². The van der Waals surface area contributed by atoms with Crippen molar-refractivity contribution in [2.24, 2.45) is 13.0 Å². The molecule has 1 saturated heterocycles. The smallest absolute Gasteiger partial charge is 0.229 e. The van der Waals surface area contributed by atoms with Crippen molar-refractivity contribution in [3.63, 3.8) is 0 Å². The molecule has 0 bridgehead atoms. The van der Waals surface area contributed by atoms with Crippen LogP contribution in [0.2, 0.25) is 5.02 Å². The van der Waals surface area contributed by atoms with Crippen molar-refractivity contribution in [2.45, 2.75) is 16.5 Å². The third-order valence-corrected chi connectivity index (χ3v) is 4.87. The molecule has 2 aromatic rings. The first-order valence-corrected chi connectivity index (χ1v) is 8.16. The van der Waals surface area contributed by atoms with Crippen molar-refractivity contribution in [3.8, 4) is 0 Å². The zero-order valence-electron chi connectivity index (χ0n) is 12.1. The highest BCUT2D eigenvalue weighted by Crippen LogP contribution is 2.34. The molecule has 0 saturated carbocycles. The van der Waals surface area contributed by atoms with Crippen molar-refractivity contribution < 1.29 is 9.53 Å². The molecule has 0 unspecified atom stereocenters. The lowest BCUT2D eigenvalue weighted by Gasteiger charge is -2.13. The first-order valence-electron chi connectivity index (χ1n) is 6.97. The summed E-state index contributed by atoms with van der Waals surface area (Å²) in [5, 5.41) is 4.40. The highest BCUT2D eigenvalue weighted by molar-refractivity contribution is 7.99. The van der Waals surface area contributed by atoms with E-state index in [0.29, 0.717) is 23.9 Å². The van der Waals surface area contributed by atoms with Gasteiger partial charge in [-0.05, 0) is 36.4 Å². The number of nitrogens with one attached hydrogen (secondary N) is 1. The van der Waals surface area contributed by atoms with Crippen molar-refractivity contribution in [1.82, 2.24) is 9.55 Å². The topological polar surface area (TPSA) is 56.2 Å². The number of imidazole rings is 1. The van der Waals surface area contributed by atoms with E-state index >= 15 is 0 Å². The van der Waals surface area contributed by atoms with Crippen LogP contribution in [0.1, 0.15) is 6.42 Å². The number of halogens is 1. The van der Waals surface area contributed by atoms with E-state index in [1.54, 1.807) is 18.3 Å². The standard InChI is InChI=1S/C15H16ClN3O2S/c1-19-6-5-17-15(19)22-13-3-2-11(16)8-12(13)18-14(20)10-4-7-21-9-10/h2-3,5-6,8,10H,4,7,9H2,1H3,(H,18,20)/t10-/m1/s1. The maximum Gasteiger partial charge on any atom is 0.229 e. The number of carbonyl (C=O) groups is 1. The molecular weight excluding hydrogens is 322 g/mol. The van der Waals surface area contributed by atoms with Crippen LogP contribution in [0.4, 0.5) is 5.69 Å². The second-order valence-corrected chi connectivity index (χ2v) is 6.56. The Balaban J connectivity index is 1.81. The van der Waals surface area contributed by atoms with E-state index in [2.05, 4.69) is 10.3 Å². The van der Waals surface area contributed by atoms with E-state index in [-0.39, 0.29) is 11.8 Å². The maximum absolute atomic E-state index is 12.3. The zero-order valence-corrected chi connectivity index (χ0v) is 13.7. The van der Waals surface area contributed by atoms with Gasteiger partial charge in [0.1, 0.15) is 0 Å². The molecule has 0 spiro atoms. The minimum Gasteiger partial charge on any atom is -0.381 e. The summed E-state index contributed by atoms with van der Waals surface area (Å²) in [4.78, 5) is 17.5. The van der Waals surface area contributed by atoms with Crippen LogP contribution in [0.3, 0.4) is 0 Å². The normalized spacial score (nSPS) is 17.6. The molecule has 1 N–H and O–H groups in total. The number of hydrogen-bond acceptors (Lipinski definition) is 4. The van der Waals surface area contributed by atoms with E-state index < -0.39 is 0 Å². The largest absolute Gasteiger partial charge is 0.381 e. The summed E-state index contributed by atoms with van der Waals surface area (Å²) < 4.78 is 7.19. The number of rotatable bonds is 4. The maximum atomic E-state index is 12.3. The van der Waals surface area contributed by atoms with Gasteiger partial charge >= 0.3 is 0 Å². The monoisotopic (exact) mass is 337 g/mol. The van der Waals surface area contributed by atoms with Gasteiger partial charge in [0.25, 0.3) is 0 Å². The predicted molar refractivity (Wildman–Crippen MR) is 86.3 cm³/mol. The second kappa shape index (κ2) is 6.73. The average Bonchev–Trinajstić information content (AvgIpc) is 3.14. The van der Waals surface area contributed by atoms with Crippen LogP contribution < -0.4 is 5.32 Å². The lowest BCUT2D eigenvalue weighted by Crippen LogP contribution is -2.23. The summed E-state index contributed by atoms with van der Waals surface area (Å²) in [6.07, 6.45) is 4.38. The van der Waals surface area contributed by atoms with E-state index in [9.17, 15) is 4.79 Å². The van der Waals surface area contributed by atoms with Gasteiger partial charge in [-0.1, -0.05) is 11.6 Å². The van der Waals surface area contributed by atoms with Crippen molar-refractivity contribution >= 4 is 35.0 Å². The number of benzene rings is 1. The molecule has 1 aliphatic heterocycles. The highest BCUT2D eigenvalue weighted by atomic mass is 35.5. The number of nitrogens with zero attached hydrogens (tertiary/aromatic N) is 2. The first-order chi connectivity index (χ1) is 10.6. The van der Waals surface area contributed by atoms with E-state index in [1.165, 1.54) is 11.8 Å². The number of amides is 1. The van der Waals surface area contributed by atoms with Crippen LogP contribution in [0.5, 0.6) is 0 Å². The lowest BCUT2D eigenvalue weighted by atomic mass is 10.1. The molecule has 1 atom stereocenters. The van der Waals surface area contributed by atoms with E-state index in [1.807, 2.05) is 23.9 Å². The van der Waals surface area contributed by atoms with Crippen molar-refractivity contribution in [2.75, 3.05) is 18.5 Å². The van der Waals surface area contributed by atoms with Crippen LogP contribution in [0.15, 0.2) is 40.6 Å². The Hall–Kier alpha value is -1.50. The van der Waals surface area contributed by atoms with Gasteiger partial charge in [0.2, 0.25) is 5.91 Å². The predicted octanol–water partition coefficient (Wildman–Crippen LogP) is 3.20. The molecule has 1 aliphatic rings. The van der Waals surface area contributed by atoms with Crippen LogP contribution in [0, 0.1) is 5.92 Å². The summed E-state index contributed by atoms with van der Waals surface area (Å²) in [5.41, 5.74) is 0.706. The molecule has 1 aromatic carbocycles. The molecule has 1 aromatic heterocycles. The van der Waals surface area contributed by atoms with Crippen LogP contribution in [-0.4, -0.2) is 28.7 Å². The number of ether oxygens (including phenoxy) is 1. The molecule has 116 valence electrons. The summed E-state index contributed by atoms with van der Waals surface area (Å²) in [6, 6.07) is 5.46. The van der Waals surface area contributed by atoms with Crippen molar-refractivity contribution in [1.29, 1.82) is 0 Å². The van der Waals surface area contributed by atoms with Crippen LogP contribution in [0.25, 0.3) is 0 Å². The highest BCUT2D eigenvalue weighted by Gasteiger charge is 2.24.